The first-order valence-corrected chi connectivity index (χ1v) is 8.09. The summed E-state index contributed by atoms with van der Waals surface area (Å²) >= 11 is 0. The first kappa shape index (κ1) is 21.3. The van der Waals surface area contributed by atoms with Gasteiger partial charge in [-0.2, -0.15) is 0 Å². The molecule has 0 radical (unpaired) electrons. The Kier molecular flexibility index (Phi) is 6.68. The minimum absolute atomic E-state index is 0.255. The Morgan fingerprint density at radius 1 is 0.893 bits per heavy atom. The molecule has 5 nitrogen and oxygen atoms in total. The van der Waals surface area contributed by atoms with Crippen LogP contribution in [0.1, 0.15) is 15.9 Å². The quantitative estimate of drug-likeness (QED) is 0.389. The minimum Gasteiger partial charge on any atom is -0.355 e. The molecule has 150 valence electrons. The molecule has 0 spiro atoms. The Labute approximate surface area is 157 Å². The van der Waals surface area contributed by atoms with Crippen molar-refractivity contribution in [3.05, 3.63) is 64.5 Å². The molecular weight excluding hydrogens is 385 g/mol. The van der Waals surface area contributed by atoms with Crippen LogP contribution in [-0.2, 0) is 11.3 Å². The van der Waals surface area contributed by atoms with Gasteiger partial charge < -0.3 is 15.5 Å². The summed E-state index contributed by atoms with van der Waals surface area (Å²) in [5.41, 5.74) is -0.161. The number of quaternary nitrogens is 1. The number of carbonyl (C=O) groups excluding carboxylic acids is 2. The van der Waals surface area contributed by atoms with Crippen LogP contribution in [0.3, 0.4) is 0 Å². The van der Waals surface area contributed by atoms with E-state index in [1.165, 1.54) is 7.05 Å². The summed E-state index contributed by atoms with van der Waals surface area (Å²) in [4.78, 5) is 24.0. The zero-order valence-electron chi connectivity index (χ0n) is 14.9. The van der Waals surface area contributed by atoms with Crippen LogP contribution in [-0.4, -0.2) is 32.5 Å². The molecule has 3 N–H and O–H groups in total. The van der Waals surface area contributed by atoms with E-state index in [2.05, 4.69) is 5.32 Å². The summed E-state index contributed by atoms with van der Waals surface area (Å²) in [6.07, 6.45) is 0. The van der Waals surface area contributed by atoms with Crippen molar-refractivity contribution in [2.45, 2.75) is 6.54 Å². The normalized spacial score (nSPS) is 11.8. The predicted octanol–water partition coefficient (Wildman–Crippen LogP) is 1.40. The van der Waals surface area contributed by atoms with Crippen molar-refractivity contribution in [2.24, 2.45) is 0 Å². The van der Waals surface area contributed by atoms with Gasteiger partial charge in [0.2, 0.25) is 5.82 Å². The Morgan fingerprint density at radius 3 is 1.89 bits per heavy atom. The number of rotatable bonds is 6. The number of amides is 2. The highest BCUT2D eigenvalue weighted by Gasteiger charge is 2.27. The molecule has 0 aliphatic rings. The van der Waals surface area contributed by atoms with Crippen molar-refractivity contribution in [3.63, 3.8) is 0 Å². The highest BCUT2D eigenvalue weighted by molar-refractivity contribution is 5.94. The first-order valence-electron chi connectivity index (χ1n) is 8.09. The lowest BCUT2D eigenvalue weighted by Gasteiger charge is -2.15. The molecule has 0 fully saturated rings. The summed E-state index contributed by atoms with van der Waals surface area (Å²) in [7, 11) is 3.10. The van der Waals surface area contributed by atoms with E-state index in [9.17, 15) is 31.5 Å². The van der Waals surface area contributed by atoms with Crippen molar-refractivity contribution < 1.29 is 36.4 Å². The summed E-state index contributed by atoms with van der Waals surface area (Å²) in [5, 5.41) is 4.20. The predicted molar refractivity (Wildman–Crippen MR) is 90.2 cm³/mol. The standard InChI is InChI=1S/C18H16F5N3O2/c1-24-18(28)10-5-3-9(4-6-10)7-26(2)8-11(27)25-17-15(22)13(20)12(19)14(21)16(17)23/h3-6H,7-8H2,1-2H3,(H,24,28)(H,25,27)/p+1. The minimum atomic E-state index is -2.30. The van der Waals surface area contributed by atoms with Gasteiger partial charge in [0.1, 0.15) is 12.2 Å². The average Bonchev–Trinajstić information content (AvgIpc) is 2.68. The molecule has 2 rings (SSSR count). The molecule has 2 aromatic carbocycles. The second-order valence-electron chi connectivity index (χ2n) is 6.08. The van der Waals surface area contributed by atoms with Gasteiger partial charge in [-0.3, -0.25) is 9.59 Å². The molecule has 0 saturated carbocycles. The van der Waals surface area contributed by atoms with Crippen LogP contribution in [0.15, 0.2) is 24.3 Å². The Morgan fingerprint density at radius 2 is 1.39 bits per heavy atom. The second-order valence-corrected chi connectivity index (χ2v) is 6.08. The van der Waals surface area contributed by atoms with Crippen LogP contribution in [0.25, 0.3) is 0 Å². The number of halogens is 5. The molecule has 2 amide bonds. The van der Waals surface area contributed by atoms with Crippen LogP contribution < -0.4 is 15.5 Å². The maximum atomic E-state index is 13.6. The molecule has 1 unspecified atom stereocenters. The van der Waals surface area contributed by atoms with Gasteiger partial charge in [-0.25, -0.2) is 22.0 Å². The summed E-state index contributed by atoms with van der Waals surface area (Å²) in [6, 6.07) is 6.54. The fraction of sp³-hybridized carbons (Fsp3) is 0.222. The fourth-order valence-electron chi connectivity index (χ4n) is 2.50. The highest BCUT2D eigenvalue weighted by Crippen LogP contribution is 2.26. The summed E-state index contributed by atoms with van der Waals surface area (Å²) in [6.45, 7) is 0.0231. The summed E-state index contributed by atoms with van der Waals surface area (Å²) < 4.78 is 66.6. The molecule has 1 atom stereocenters. The first-order chi connectivity index (χ1) is 13.1. The Balaban J connectivity index is 2.03. The number of anilines is 1. The maximum Gasteiger partial charge on any atom is 0.279 e. The van der Waals surface area contributed by atoms with E-state index in [1.54, 1.807) is 36.6 Å². The molecule has 0 aliphatic carbocycles. The van der Waals surface area contributed by atoms with Gasteiger partial charge in [0, 0.05) is 18.2 Å². The molecule has 0 saturated heterocycles. The van der Waals surface area contributed by atoms with E-state index in [0.717, 1.165) is 5.56 Å². The van der Waals surface area contributed by atoms with Crippen LogP contribution in [0.4, 0.5) is 27.6 Å². The molecule has 0 heterocycles. The van der Waals surface area contributed by atoms with Crippen LogP contribution in [0.2, 0.25) is 0 Å². The SMILES string of the molecule is CNC(=O)c1ccc(C[NH+](C)CC(=O)Nc2c(F)c(F)c(F)c(F)c2F)cc1. The zero-order chi connectivity index (χ0) is 21.0. The third-order valence-electron chi connectivity index (χ3n) is 3.89. The lowest BCUT2D eigenvalue weighted by Crippen LogP contribution is -3.08. The largest absolute Gasteiger partial charge is 0.355 e. The molecule has 0 aromatic heterocycles. The topological polar surface area (TPSA) is 62.6 Å². The summed E-state index contributed by atoms with van der Waals surface area (Å²) in [5.74, 6) is -12.0. The van der Waals surface area contributed by atoms with Crippen LogP contribution in [0, 0.1) is 29.1 Å². The Bertz CT molecular complexity index is 874. The van der Waals surface area contributed by atoms with E-state index in [0.29, 0.717) is 17.0 Å². The lowest BCUT2D eigenvalue weighted by atomic mass is 10.1. The lowest BCUT2D eigenvalue weighted by molar-refractivity contribution is -0.885. The number of carbonyl (C=O) groups is 2. The molecule has 10 heteroatoms. The number of benzene rings is 2. The van der Waals surface area contributed by atoms with Crippen molar-refractivity contribution in [1.29, 1.82) is 0 Å². The van der Waals surface area contributed by atoms with Gasteiger partial charge in [-0.05, 0) is 12.1 Å². The average molecular weight is 402 g/mol. The van der Waals surface area contributed by atoms with Gasteiger partial charge in [0.05, 0.1) is 7.05 Å². The number of hydrogen-bond donors (Lipinski definition) is 3. The highest BCUT2D eigenvalue weighted by atomic mass is 19.2. The van der Waals surface area contributed by atoms with E-state index < -0.39 is 40.7 Å². The van der Waals surface area contributed by atoms with E-state index in [-0.39, 0.29) is 12.5 Å². The molecule has 28 heavy (non-hydrogen) atoms. The molecule has 0 aliphatic heterocycles. The maximum absolute atomic E-state index is 13.6. The van der Waals surface area contributed by atoms with Gasteiger partial charge in [-0.1, -0.05) is 12.1 Å². The van der Waals surface area contributed by atoms with Gasteiger partial charge in [-0.15, -0.1) is 0 Å². The molecular formula is C18H17F5N3O2+. The van der Waals surface area contributed by atoms with E-state index in [4.69, 9.17) is 0 Å². The molecule has 0 bridgehead atoms. The van der Waals surface area contributed by atoms with Gasteiger partial charge in [0.15, 0.2) is 29.8 Å². The van der Waals surface area contributed by atoms with Crippen molar-refractivity contribution in [2.75, 3.05) is 26.0 Å². The third-order valence-corrected chi connectivity index (χ3v) is 3.89. The van der Waals surface area contributed by atoms with Gasteiger partial charge >= 0.3 is 0 Å². The molecule has 2 aromatic rings. The zero-order valence-corrected chi connectivity index (χ0v) is 14.9. The number of hydrogen-bond acceptors (Lipinski definition) is 2. The second kappa shape index (κ2) is 8.79. The van der Waals surface area contributed by atoms with E-state index >= 15 is 0 Å². The Hall–Kier alpha value is -3.01. The van der Waals surface area contributed by atoms with Crippen molar-refractivity contribution in [3.8, 4) is 0 Å². The third kappa shape index (κ3) is 4.63. The monoisotopic (exact) mass is 402 g/mol. The van der Waals surface area contributed by atoms with E-state index in [1.807, 2.05) is 0 Å². The van der Waals surface area contributed by atoms with Crippen molar-refractivity contribution in [1.82, 2.24) is 5.32 Å². The van der Waals surface area contributed by atoms with Crippen LogP contribution >= 0.6 is 0 Å². The smallest absolute Gasteiger partial charge is 0.279 e. The number of likely N-dealkylation sites (N-methyl/N-ethyl adjacent to an activating group) is 1. The van der Waals surface area contributed by atoms with Crippen LogP contribution in [0.5, 0.6) is 0 Å². The number of nitrogens with one attached hydrogen (secondary N) is 3. The fourth-order valence-corrected chi connectivity index (χ4v) is 2.50. The van der Waals surface area contributed by atoms with Gasteiger partial charge in [0.25, 0.3) is 11.8 Å². The van der Waals surface area contributed by atoms with Crippen molar-refractivity contribution >= 4 is 17.5 Å².